The van der Waals surface area contributed by atoms with Crippen molar-refractivity contribution in [2.24, 2.45) is 5.92 Å². The summed E-state index contributed by atoms with van der Waals surface area (Å²) in [4.78, 5) is 13.2. The van der Waals surface area contributed by atoms with Crippen LogP contribution in [0, 0.1) is 5.92 Å². The second-order valence-electron chi connectivity index (χ2n) is 6.96. The SMILES string of the molecule is O=C(c1cccc2c1oc1ccccc12)C1CC2CCC(C1)S2=O. The van der Waals surface area contributed by atoms with E-state index in [2.05, 4.69) is 0 Å². The van der Waals surface area contributed by atoms with Gasteiger partial charge in [0.2, 0.25) is 0 Å². The van der Waals surface area contributed by atoms with Gasteiger partial charge in [-0.1, -0.05) is 30.3 Å². The molecule has 3 nitrogen and oxygen atoms in total. The van der Waals surface area contributed by atoms with Gasteiger partial charge >= 0.3 is 0 Å². The van der Waals surface area contributed by atoms with Crippen molar-refractivity contribution in [3.05, 3.63) is 48.0 Å². The molecule has 2 aliphatic heterocycles. The molecule has 2 atom stereocenters. The van der Waals surface area contributed by atoms with Crippen molar-refractivity contribution in [1.29, 1.82) is 0 Å². The molecule has 0 saturated carbocycles. The number of furan rings is 1. The quantitative estimate of drug-likeness (QED) is 0.648. The smallest absolute Gasteiger partial charge is 0.169 e. The van der Waals surface area contributed by atoms with E-state index >= 15 is 0 Å². The molecule has 0 N–H and O–H groups in total. The summed E-state index contributed by atoms with van der Waals surface area (Å²) in [6.45, 7) is 0. The summed E-state index contributed by atoms with van der Waals surface area (Å²) in [5.41, 5.74) is 2.20. The van der Waals surface area contributed by atoms with Gasteiger partial charge in [0.25, 0.3) is 0 Å². The average molecular weight is 338 g/mol. The Kier molecular flexibility index (Phi) is 3.17. The highest BCUT2D eigenvalue weighted by Crippen LogP contribution is 2.41. The third-order valence-corrected chi connectivity index (χ3v) is 7.77. The first-order valence-corrected chi connectivity index (χ1v) is 9.84. The second kappa shape index (κ2) is 5.28. The Morgan fingerprint density at radius 3 is 2.46 bits per heavy atom. The van der Waals surface area contributed by atoms with Crippen LogP contribution in [0.1, 0.15) is 36.0 Å². The molecule has 0 amide bonds. The number of fused-ring (bicyclic) bond motifs is 5. The Hall–Kier alpha value is -1.94. The van der Waals surface area contributed by atoms with E-state index in [9.17, 15) is 9.00 Å². The number of carbonyl (C=O) groups excluding carboxylic acids is 1. The van der Waals surface area contributed by atoms with E-state index in [0.29, 0.717) is 11.1 Å². The molecule has 2 aliphatic rings. The van der Waals surface area contributed by atoms with Crippen molar-refractivity contribution < 1.29 is 13.4 Å². The maximum Gasteiger partial charge on any atom is 0.169 e. The normalized spacial score (nSPS) is 29.3. The number of benzene rings is 2. The number of Topliss-reactive ketones (excluding diaryl/α,β-unsaturated/α-hetero) is 1. The minimum atomic E-state index is -0.727. The minimum Gasteiger partial charge on any atom is -0.455 e. The van der Waals surface area contributed by atoms with Gasteiger partial charge in [-0.25, -0.2) is 0 Å². The molecule has 2 unspecified atom stereocenters. The summed E-state index contributed by atoms with van der Waals surface area (Å²) in [5, 5.41) is 2.48. The van der Waals surface area contributed by atoms with E-state index in [1.165, 1.54) is 0 Å². The maximum atomic E-state index is 13.2. The Morgan fingerprint density at radius 2 is 1.67 bits per heavy atom. The topological polar surface area (TPSA) is 47.3 Å². The Bertz CT molecular complexity index is 971. The van der Waals surface area contributed by atoms with E-state index in [0.717, 1.165) is 42.0 Å². The Morgan fingerprint density at radius 1 is 0.958 bits per heavy atom. The highest BCUT2D eigenvalue weighted by Gasteiger charge is 2.43. The first kappa shape index (κ1) is 14.4. The molecule has 0 spiro atoms. The van der Waals surface area contributed by atoms with Crippen LogP contribution in [0.5, 0.6) is 0 Å². The van der Waals surface area contributed by atoms with Gasteiger partial charge in [0.05, 0.1) is 5.56 Å². The summed E-state index contributed by atoms with van der Waals surface area (Å²) in [6.07, 6.45) is 3.54. The van der Waals surface area contributed by atoms with Crippen molar-refractivity contribution in [2.45, 2.75) is 36.2 Å². The summed E-state index contributed by atoms with van der Waals surface area (Å²) >= 11 is 0. The van der Waals surface area contributed by atoms with Crippen LogP contribution in [0.2, 0.25) is 0 Å². The number of hydrogen-bond acceptors (Lipinski definition) is 3. The third kappa shape index (κ3) is 2.02. The van der Waals surface area contributed by atoms with Crippen LogP contribution in [0.25, 0.3) is 21.9 Å². The minimum absolute atomic E-state index is 0.0148. The van der Waals surface area contributed by atoms with Crippen LogP contribution < -0.4 is 0 Å². The first-order chi connectivity index (χ1) is 11.7. The molecule has 2 bridgehead atoms. The van der Waals surface area contributed by atoms with Gasteiger partial charge in [-0.2, -0.15) is 0 Å². The van der Waals surface area contributed by atoms with Gasteiger partial charge in [0, 0.05) is 38.0 Å². The average Bonchev–Trinajstić information content (AvgIpc) is 3.06. The van der Waals surface area contributed by atoms with Gasteiger partial charge in [0.15, 0.2) is 5.78 Å². The fraction of sp³-hybridized carbons (Fsp3) is 0.350. The zero-order valence-corrected chi connectivity index (χ0v) is 14.1. The molecule has 2 aromatic carbocycles. The van der Waals surface area contributed by atoms with Crippen LogP contribution in [-0.2, 0) is 10.8 Å². The molecule has 4 heteroatoms. The fourth-order valence-electron chi connectivity index (χ4n) is 4.41. The monoisotopic (exact) mass is 338 g/mol. The maximum absolute atomic E-state index is 13.2. The van der Waals surface area contributed by atoms with E-state index in [1.54, 1.807) is 0 Å². The van der Waals surface area contributed by atoms with Gasteiger partial charge in [-0.15, -0.1) is 0 Å². The standard InChI is InChI=1S/C20H18O3S/c21-19(12-10-13-8-9-14(11-12)24(13)22)17-6-3-5-16-15-4-1-2-7-18(15)23-20(16)17/h1-7,12-14H,8-11H2. The van der Waals surface area contributed by atoms with Crippen molar-refractivity contribution in [3.8, 4) is 0 Å². The number of ketones is 1. The molecule has 1 aromatic heterocycles. The molecule has 2 fully saturated rings. The van der Waals surface area contributed by atoms with E-state index < -0.39 is 10.8 Å². The number of para-hydroxylation sites is 2. The zero-order valence-electron chi connectivity index (χ0n) is 13.2. The number of carbonyl (C=O) groups is 1. The predicted molar refractivity (Wildman–Crippen MR) is 95.7 cm³/mol. The molecule has 24 heavy (non-hydrogen) atoms. The fourth-order valence-corrected chi connectivity index (χ4v) is 6.53. The second-order valence-corrected chi connectivity index (χ2v) is 8.95. The van der Waals surface area contributed by atoms with E-state index in [1.807, 2.05) is 42.5 Å². The van der Waals surface area contributed by atoms with Crippen LogP contribution in [0.4, 0.5) is 0 Å². The Balaban J connectivity index is 1.59. The van der Waals surface area contributed by atoms with Crippen LogP contribution >= 0.6 is 0 Å². The van der Waals surface area contributed by atoms with E-state index in [4.69, 9.17) is 4.42 Å². The van der Waals surface area contributed by atoms with Gasteiger partial charge < -0.3 is 4.42 Å². The summed E-state index contributed by atoms with van der Waals surface area (Å²) in [5.74, 6) is 0.146. The van der Waals surface area contributed by atoms with Crippen molar-refractivity contribution >= 4 is 38.5 Å². The summed E-state index contributed by atoms with van der Waals surface area (Å²) in [7, 11) is -0.727. The molecule has 0 aliphatic carbocycles. The Labute approximate surface area is 142 Å². The lowest BCUT2D eigenvalue weighted by atomic mass is 9.89. The number of rotatable bonds is 2. The zero-order chi connectivity index (χ0) is 16.3. The lowest BCUT2D eigenvalue weighted by Gasteiger charge is -2.26. The highest BCUT2D eigenvalue weighted by atomic mass is 32.2. The van der Waals surface area contributed by atoms with Gasteiger partial charge in [-0.05, 0) is 37.8 Å². The molecule has 5 rings (SSSR count). The van der Waals surface area contributed by atoms with E-state index in [-0.39, 0.29) is 22.2 Å². The predicted octanol–water partition coefficient (Wildman–Crippen LogP) is 4.46. The van der Waals surface area contributed by atoms with Gasteiger partial charge in [-0.3, -0.25) is 9.00 Å². The van der Waals surface area contributed by atoms with Crippen molar-refractivity contribution in [1.82, 2.24) is 0 Å². The largest absolute Gasteiger partial charge is 0.455 e. The lowest BCUT2D eigenvalue weighted by molar-refractivity contribution is 0.0907. The van der Waals surface area contributed by atoms with Crippen LogP contribution in [0.15, 0.2) is 46.9 Å². The van der Waals surface area contributed by atoms with Crippen LogP contribution in [0.3, 0.4) is 0 Å². The number of hydrogen-bond donors (Lipinski definition) is 0. The summed E-state index contributed by atoms with van der Waals surface area (Å²) in [6, 6.07) is 13.7. The molecule has 122 valence electrons. The van der Waals surface area contributed by atoms with Crippen molar-refractivity contribution in [3.63, 3.8) is 0 Å². The molecular formula is C20H18O3S. The van der Waals surface area contributed by atoms with Crippen LogP contribution in [-0.4, -0.2) is 20.5 Å². The van der Waals surface area contributed by atoms with Gasteiger partial charge in [0.1, 0.15) is 11.2 Å². The third-order valence-electron chi connectivity index (χ3n) is 5.60. The summed E-state index contributed by atoms with van der Waals surface area (Å²) < 4.78 is 18.2. The highest BCUT2D eigenvalue weighted by molar-refractivity contribution is 7.86. The molecule has 3 heterocycles. The molecule has 0 radical (unpaired) electrons. The van der Waals surface area contributed by atoms with Crippen molar-refractivity contribution in [2.75, 3.05) is 0 Å². The molecular weight excluding hydrogens is 320 g/mol. The molecule has 2 saturated heterocycles. The molecule has 3 aromatic rings. The first-order valence-electron chi connectivity index (χ1n) is 8.56. The lowest BCUT2D eigenvalue weighted by Crippen LogP contribution is -2.32.